The molecule has 44 heavy (non-hydrogen) atoms. The van der Waals surface area contributed by atoms with Gasteiger partial charge in [-0.05, 0) is 47.6 Å². The van der Waals surface area contributed by atoms with Gasteiger partial charge in [-0.3, -0.25) is 4.79 Å². The van der Waals surface area contributed by atoms with Gasteiger partial charge in [0.15, 0.2) is 5.11 Å². The van der Waals surface area contributed by atoms with Gasteiger partial charge in [-0.1, -0.05) is 54.6 Å². The van der Waals surface area contributed by atoms with E-state index in [1.54, 1.807) is 55.6 Å². The van der Waals surface area contributed by atoms with Gasteiger partial charge in [0.25, 0.3) is 5.91 Å². The highest BCUT2D eigenvalue weighted by Crippen LogP contribution is 2.15. The SMILES string of the molecule is COCCNC(=S)N(Cc1ccc(C(=O)NCC(NC(=O)OCc2ccccc2)C(=O)O)cc1)Cc1nc2ccccc2[nH]1. The van der Waals surface area contributed by atoms with Gasteiger partial charge in [-0.15, -0.1) is 0 Å². The van der Waals surface area contributed by atoms with E-state index < -0.39 is 24.0 Å². The van der Waals surface area contributed by atoms with Crippen LogP contribution in [0.25, 0.3) is 11.0 Å². The number of imidazole rings is 1. The summed E-state index contributed by atoms with van der Waals surface area (Å²) in [6.45, 7) is 1.56. The number of rotatable bonds is 14. The number of thiocarbonyl (C=S) groups is 1. The largest absolute Gasteiger partial charge is 0.480 e. The third kappa shape index (κ3) is 9.51. The summed E-state index contributed by atoms with van der Waals surface area (Å²) in [6, 6.07) is 22.3. The molecule has 1 unspecified atom stereocenters. The zero-order valence-electron chi connectivity index (χ0n) is 24.1. The number of carbonyl (C=O) groups excluding carboxylic acids is 2. The Morgan fingerprint density at radius 1 is 0.955 bits per heavy atom. The lowest BCUT2D eigenvalue weighted by atomic mass is 10.1. The predicted octanol–water partition coefficient (Wildman–Crippen LogP) is 3.20. The van der Waals surface area contributed by atoms with Crippen molar-refractivity contribution in [2.75, 3.05) is 26.8 Å². The first-order valence-electron chi connectivity index (χ1n) is 13.8. The van der Waals surface area contributed by atoms with Crippen molar-refractivity contribution >= 4 is 46.3 Å². The number of nitrogens with one attached hydrogen (secondary N) is 4. The lowest BCUT2D eigenvalue weighted by Gasteiger charge is -2.25. The van der Waals surface area contributed by atoms with Gasteiger partial charge in [-0.2, -0.15) is 0 Å². The van der Waals surface area contributed by atoms with Crippen LogP contribution < -0.4 is 16.0 Å². The van der Waals surface area contributed by atoms with Crippen LogP contribution in [0.1, 0.15) is 27.3 Å². The van der Waals surface area contributed by atoms with Crippen LogP contribution in [0.5, 0.6) is 0 Å². The zero-order chi connectivity index (χ0) is 31.3. The van der Waals surface area contributed by atoms with Crippen molar-refractivity contribution in [1.82, 2.24) is 30.8 Å². The number of hydrogen-bond acceptors (Lipinski definition) is 7. The number of para-hydroxylation sites is 2. The summed E-state index contributed by atoms with van der Waals surface area (Å²) in [5, 5.41) is 18.1. The molecule has 0 saturated carbocycles. The number of carbonyl (C=O) groups is 3. The number of benzene rings is 3. The van der Waals surface area contributed by atoms with Crippen LogP contribution in [-0.4, -0.2) is 75.9 Å². The Morgan fingerprint density at radius 3 is 2.39 bits per heavy atom. The van der Waals surface area contributed by atoms with E-state index in [9.17, 15) is 19.5 Å². The maximum Gasteiger partial charge on any atom is 0.408 e. The molecular weight excluding hydrogens is 584 g/mol. The molecule has 1 atom stereocenters. The normalized spacial score (nSPS) is 11.4. The molecule has 0 aliphatic heterocycles. The van der Waals surface area contributed by atoms with E-state index in [4.69, 9.17) is 21.7 Å². The summed E-state index contributed by atoms with van der Waals surface area (Å²) < 4.78 is 10.2. The van der Waals surface area contributed by atoms with E-state index in [-0.39, 0.29) is 13.2 Å². The molecule has 230 valence electrons. The number of nitrogens with zero attached hydrogens (tertiary/aromatic N) is 2. The number of aromatic nitrogens is 2. The van der Waals surface area contributed by atoms with Crippen molar-refractivity contribution < 1.29 is 29.0 Å². The topological polar surface area (TPSA) is 158 Å². The summed E-state index contributed by atoms with van der Waals surface area (Å²) in [4.78, 5) is 46.5. The Bertz CT molecular complexity index is 1530. The quantitative estimate of drug-likeness (QED) is 0.105. The third-order valence-electron chi connectivity index (χ3n) is 6.51. The molecule has 0 fully saturated rings. The molecule has 4 aromatic rings. The van der Waals surface area contributed by atoms with Crippen molar-refractivity contribution in [3.63, 3.8) is 0 Å². The van der Waals surface area contributed by atoms with E-state index >= 15 is 0 Å². The molecule has 0 radical (unpaired) electrons. The molecule has 1 heterocycles. The van der Waals surface area contributed by atoms with E-state index in [1.165, 1.54) is 0 Å². The van der Waals surface area contributed by atoms with Crippen LogP contribution in [0.2, 0.25) is 0 Å². The van der Waals surface area contributed by atoms with E-state index in [0.717, 1.165) is 28.0 Å². The van der Waals surface area contributed by atoms with Crippen molar-refractivity contribution in [3.05, 3.63) is 101 Å². The van der Waals surface area contributed by atoms with Crippen LogP contribution in [0.3, 0.4) is 0 Å². The Morgan fingerprint density at radius 2 is 1.68 bits per heavy atom. The number of alkyl carbamates (subject to hydrolysis) is 1. The fraction of sp³-hybridized carbons (Fsp3) is 0.258. The van der Waals surface area contributed by atoms with Crippen LogP contribution in [0.4, 0.5) is 4.79 Å². The number of ether oxygens (including phenoxy) is 2. The number of amides is 2. The maximum atomic E-state index is 12.8. The van der Waals surface area contributed by atoms with Gasteiger partial charge >= 0.3 is 12.1 Å². The number of aliphatic carboxylic acids is 1. The molecule has 13 heteroatoms. The minimum absolute atomic E-state index is 0.0125. The number of fused-ring (bicyclic) bond motifs is 1. The van der Waals surface area contributed by atoms with Gasteiger partial charge in [0, 0.05) is 32.3 Å². The smallest absolute Gasteiger partial charge is 0.408 e. The molecule has 0 spiro atoms. The Balaban J connectivity index is 1.33. The maximum absolute atomic E-state index is 12.8. The highest BCUT2D eigenvalue weighted by atomic mass is 32.1. The first kappa shape index (κ1) is 31.9. The predicted molar refractivity (Wildman–Crippen MR) is 168 cm³/mol. The van der Waals surface area contributed by atoms with Crippen molar-refractivity contribution in [2.45, 2.75) is 25.7 Å². The molecule has 0 aliphatic rings. The lowest BCUT2D eigenvalue weighted by molar-refractivity contribution is -0.139. The fourth-order valence-corrected chi connectivity index (χ4v) is 4.45. The number of carboxylic acids is 1. The summed E-state index contributed by atoms with van der Waals surface area (Å²) in [5.41, 5.74) is 3.77. The Labute approximate surface area is 259 Å². The van der Waals surface area contributed by atoms with Gasteiger partial charge in [-0.25, -0.2) is 14.6 Å². The van der Waals surface area contributed by atoms with Crippen LogP contribution >= 0.6 is 12.2 Å². The molecule has 4 rings (SSSR count). The number of carboxylic acid groups (broad SMARTS) is 1. The fourth-order valence-electron chi connectivity index (χ4n) is 4.22. The standard InChI is InChI=1S/C31H34N6O6S/c1-42-16-15-32-30(44)37(19-27-34-24-9-5-6-10-25(24)35-27)18-21-11-13-23(14-12-21)28(38)33-17-26(29(39)40)36-31(41)43-20-22-7-3-2-4-8-22/h2-14,26H,15-20H2,1H3,(H,32,44)(H,33,38)(H,34,35)(H,36,41)(H,39,40). The van der Waals surface area contributed by atoms with Crippen molar-refractivity contribution in [2.24, 2.45) is 0 Å². The minimum Gasteiger partial charge on any atom is -0.480 e. The van der Waals surface area contributed by atoms with Crippen LogP contribution in [0.15, 0.2) is 78.9 Å². The highest BCUT2D eigenvalue weighted by Gasteiger charge is 2.22. The molecule has 5 N–H and O–H groups in total. The molecule has 1 aromatic heterocycles. The molecule has 0 saturated heterocycles. The van der Waals surface area contributed by atoms with Gasteiger partial charge in [0.05, 0.1) is 24.2 Å². The second-order valence-electron chi connectivity index (χ2n) is 9.79. The van der Waals surface area contributed by atoms with Gasteiger partial charge in [0.2, 0.25) is 0 Å². The monoisotopic (exact) mass is 618 g/mol. The molecule has 0 bridgehead atoms. The first-order valence-corrected chi connectivity index (χ1v) is 14.3. The van der Waals surface area contributed by atoms with Gasteiger partial charge < -0.3 is 40.4 Å². The minimum atomic E-state index is -1.38. The lowest BCUT2D eigenvalue weighted by Crippen LogP contribution is -2.48. The highest BCUT2D eigenvalue weighted by molar-refractivity contribution is 7.80. The Hall–Kier alpha value is -5.01. The average Bonchev–Trinajstić information content (AvgIpc) is 3.45. The van der Waals surface area contributed by atoms with E-state index in [0.29, 0.717) is 36.9 Å². The van der Waals surface area contributed by atoms with Crippen LogP contribution in [-0.2, 0) is 34.0 Å². The van der Waals surface area contributed by atoms with Gasteiger partial charge in [0.1, 0.15) is 18.5 Å². The van der Waals surface area contributed by atoms with Crippen LogP contribution in [0, 0.1) is 0 Å². The van der Waals surface area contributed by atoms with E-state index in [1.807, 2.05) is 35.2 Å². The third-order valence-corrected chi connectivity index (χ3v) is 6.91. The van der Waals surface area contributed by atoms with Crippen molar-refractivity contribution in [3.8, 4) is 0 Å². The van der Waals surface area contributed by atoms with E-state index in [2.05, 4.69) is 25.9 Å². The second-order valence-corrected chi connectivity index (χ2v) is 10.2. The molecule has 0 aliphatic carbocycles. The Kier molecular flexibility index (Phi) is 11.6. The molecule has 3 aromatic carbocycles. The molecular formula is C31H34N6O6S. The summed E-state index contributed by atoms with van der Waals surface area (Å²) in [6.07, 6.45) is -0.901. The average molecular weight is 619 g/mol. The number of aromatic amines is 1. The van der Waals surface area contributed by atoms with Crippen molar-refractivity contribution in [1.29, 1.82) is 0 Å². The number of methoxy groups -OCH3 is 1. The summed E-state index contributed by atoms with van der Waals surface area (Å²) >= 11 is 5.65. The molecule has 2 amide bonds. The summed E-state index contributed by atoms with van der Waals surface area (Å²) in [7, 11) is 1.62. The zero-order valence-corrected chi connectivity index (χ0v) is 24.9. The summed E-state index contributed by atoms with van der Waals surface area (Å²) in [5.74, 6) is -1.04. The number of hydrogen-bond donors (Lipinski definition) is 5. The molecule has 12 nitrogen and oxygen atoms in total. The second kappa shape index (κ2) is 16.0. The number of H-pyrrole nitrogens is 1. The first-order chi connectivity index (χ1) is 21.3.